The number of hydrogen-bond acceptors (Lipinski definition) is 5. The molecule has 1 fully saturated rings. The molecule has 1 amide bonds. The van der Waals surface area contributed by atoms with Gasteiger partial charge in [0.15, 0.2) is 0 Å². The Kier molecular flexibility index (Phi) is 10.4. The molecule has 0 aliphatic heterocycles. The van der Waals surface area contributed by atoms with Crippen molar-refractivity contribution in [1.82, 2.24) is 10.2 Å². The second-order valence-electron chi connectivity index (χ2n) is 9.13. The van der Waals surface area contributed by atoms with Crippen molar-refractivity contribution in [2.45, 2.75) is 64.0 Å². The first-order valence-electron chi connectivity index (χ1n) is 12.5. The van der Waals surface area contributed by atoms with Gasteiger partial charge in [-0.3, -0.25) is 4.79 Å². The summed E-state index contributed by atoms with van der Waals surface area (Å²) in [5.41, 5.74) is 4.65. The van der Waals surface area contributed by atoms with Crippen LogP contribution in [0.4, 0.5) is 4.79 Å². The largest absolute Gasteiger partial charge is 0.508 e. The lowest BCUT2D eigenvalue weighted by molar-refractivity contribution is 0.0583. The molecule has 3 rings (SSSR count). The van der Waals surface area contributed by atoms with Crippen LogP contribution >= 0.6 is 11.6 Å². The molecule has 1 N–H and O–H groups in total. The number of nitrogens with zero attached hydrogens (tertiary/aromatic N) is 1. The second kappa shape index (κ2) is 13.5. The average molecular weight is 501 g/mol. The molecular formula is C28H37ClN2O4. The summed E-state index contributed by atoms with van der Waals surface area (Å²) in [6, 6.07) is 14.1. The summed E-state index contributed by atoms with van der Waals surface area (Å²) in [6.45, 7) is 3.26. The van der Waals surface area contributed by atoms with E-state index in [0.717, 1.165) is 45.1 Å². The number of aryl methyl sites for hydroxylation is 1. The minimum atomic E-state index is -0.602. The lowest BCUT2D eigenvalue weighted by Crippen LogP contribution is -2.39. The first-order valence-corrected chi connectivity index (χ1v) is 12.9. The van der Waals surface area contributed by atoms with E-state index in [1.54, 1.807) is 31.2 Å². The van der Waals surface area contributed by atoms with Crippen LogP contribution in [0.25, 0.3) is 0 Å². The summed E-state index contributed by atoms with van der Waals surface area (Å²) in [4.78, 5) is 26.1. The number of benzene rings is 2. The molecule has 1 aliphatic carbocycles. The highest BCUT2D eigenvalue weighted by molar-refractivity contribution is 6.30. The Morgan fingerprint density at radius 3 is 2.43 bits per heavy atom. The topological polar surface area (TPSA) is 67.9 Å². The Labute approximate surface area is 213 Å². The molecule has 6 nitrogen and oxygen atoms in total. The summed E-state index contributed by atoms with van der Waals surface area (Å²) in [5, 5.41) is 3.94. The molecule has 0 spiro atoms. The van der Waals surface area contributed by atoms with E-state index >= 15 is 0 Å². The average Bonchev–Trinajstić information content (AvgIpc) is 2.87. The Morgan fingerprint density at radius 1 is 1.06 bits per heavy atom. The summed E-state index contributed by atoms with van der Waals surface area (Å²) in [7, 11) is 3.88. The normalized spacial score (nSPS) is 17.6. The van der Waals surface area contributed by atoms with Crippen LogP contribution < -0.4 is 5.32 Å². The molecule has 7 heteroatoms. The van der Waals surface area contributed by atoms with Gasteiger partial charge in [-0.25, -0.2) is 4.79 Å². The molecule has 35 heavy (non-hydrogen) atoms. The Bertz CT molecular complexity index is 971. The molecule has 2 aromatic rings. The molecule has 0 bridgehead atoms. The van der Waals surface area contributed by atoms with Crippen molar-refractivity contribution in [3.05, 3.63) is 69.7 Å². The van der Waals surface area contributed by atoms with Gasteiger partial charge in [0.25, 0.3) is 5.91 Å². The van der Waals surface area contributed by atoms with E-state index in [4.69, 9.17) is 21.1 Å². The van der Waals surface area contributed by atoms with Gasteiger partial charge in [-0.05, 0) is 99.4 Å². The SMILES string of the molecule is CCOC(=O)OCCCc1ccc(C2CCC(N(C)C(=O)c3ccc(Cl)cc3)CC2)c(CNC)c1. The molecular weight excluding hydrogens is 464 g/mol. The van der Waals surface area contributed by atoms with Crippen molar-refractivity contribution in [3.63, 3.8) is 0 Å². The van der Waals surface area contributed by atoms with Crippen molar-refractivity contribution < 1.29 is 19.1 Å². The molecule has 0 unspecified atom stereocenters. The van der Waals surface area contributed by atoms with Crippen LogP contribution in [0, 0.1) is 0 Å². The fourth-order valence-electron chi connectivity index (χ4n) is 4.88. The highest BCUT2D eigenvalue weighted by Crippen LogP contribution is 2.37. The summed E-state index contributed by atoms with van der Waals surface area (Å²) < 4.78 is 9.87. The minimum Gasteiger partial charge on any atom is -0.435 e. The minimum absolute atomic E-state index is 0.0530. The van der Waals surface area contributed by atoms with Gasteiger partial charge in [0.05, 0.1) is 13.2 Å². The third kappa shape index (κ3) is 7.71. The Balaban J connectivity index is 1.56. The van der Waals surface area contributed by atoms with E-state index in [1.807, 2.05) is 19.0 Å². The van der Waals surface area contributed by atoms with Gasteiger partial charge >= 0.3 is 6.16 Å². The second-order valence-corrected chi connectivity index (χ2v) is 9.56. The van der Waals surface area contributed by atoms with E-state index in [0.29, 0.717) is 29.7 Å². The van der Waals surface area contributed by atoms with Gasteiger partial charge in [-0.1, -0.05) is 29.8 Å². The number of amides is 1. The van der Waals surface area contributed by atoms with Gasteiger partial charge in [0.1, 0.15) is 0 Å². The van der Waals surface area contributed by atoms with Gasteiger partial charge in [-0.15, -0.1) is 0 Å². The van der Waals surface area contributed by atoms with Gasteiger partial charge in [0, 0.05) is 30.2 Å². The highest BCUT2D eigenvalue weighted by Gasteiger charge is 2.28. The number of nitrogens with one attached hydrogen (secondary N) is 1. The Morgan fingerprint density at radius 2 is 1.77 bits per heavy atom. The zero-order valence-electron chi connectivity index (χ0n) is 21.0. The van der Waals surface area contributed by atoms with Gasteiger partial charge in [-0.2, -0.15) is 0 Å². The van der Waals surface area contributed by atoms with Crippen molar-refractivity contribution in [2.75, 3.05) is 27.3 Å². The van der Waals surface area contributed by atoms with E-state index in [9.17, 15) is 9.59 Å². The predicted octanol–water partition coefficient (Wildman–Crippen LogP) is 5.96. The fraction of sp³-hybridized carbons (Fsp3) is 0.500. The zero-order valence-corrected chi connectivity index (χ0v) is 21.8. The maximum Gasteiger partial charge on any atom is 0.508 e. The van der Waals surface area contributed by atoms with Crippen LogP contribution in [0.15, 0.2) is 42.5 Å². The van der Waals surface area contributed by atoms with E-state index in [-0.39, 0.29) is 11.9 Å². The van der Waals surface area contributed by atoms with Crippen molar-refractivity contribution in [2.24, 2.45) is 0 Å². The third-order valence-corrected chi connectivity index (χ3v) is 7.01. The lowest BCUT2D eigenvalue weighted by Gasteiger charge is -2.35. The molecule has 190 valence electrons. The standard InChI is InChI=1S/C28H37ClN2O4/c1-4-34-28(33)35-17-5-6-20-7-16-26(23(18-20)19-30-2)21-10-14-25(15-11-21)31(3)27(32)22-8-12-24(29)13-9-22/h7-9,12-13,16,18,21,25,30H,4-6,10-11,14-15,17,19H2,1-3H3. The number of carbonyl (C=O) groups is 2. The van der Waals surface area contributed by atoms with Crippen LogP contribution in [0.3, 0.4) is 0 Å². The fourth-order valence-corrected chi connectivity index (χ4v) is 5.01. The van der Waals surface area contributed by atoms with Gasteiger partial charge in [0.2, 0.25) is 0 Å². The summed E-state index contributed by atoms with van der Waals surface area (Å²) in [5.74, 6) is 0.548. The smallest absolute Gasteiger partial charge is 0.435 e. The Hall–Kier alpha value is -2.57. The number of rotatable bonds is 10. The predicted molar refractivity (Wildman–Crippen MR) is 139 cm³/mol. The number of halogens is 1. The van der Waals surface area contributed by atoms with Gasteiger partial charge < -0.3 is 19.7 Å². The van der Waals surface area contributed by atoms with Crippen LogP contribution in [0.5, 0.6) is 0 Å². The van der Waals surface area contributed by atoms with Crippen LogP contribution in [-0.2, 0) is 22.4 Å². The summed E-state index contributed by atoms with van der Waals surface area (Å²) in [6.07, 6.45) is 5.11. The molecule has 0 saturated heterocycles. The van der Waals surface area contributed by atoms with Crippen molar-refractivity contribution in [1.29, 1.82) is 0 Å². The van der Waals surface area contributed by atoms with E-state index < -0.39 is 6.16 Å². The monoisotopic (exact) mass is 500 g/mol. The number of ether oxygens (including phenoxy) is 2. The molecule has 0 aromatic heterocycles. The number of hydrogen-bond donors (Lipinski definition) is 1. The van der Waals surface area contributed by atoms with Crippen LogP contribution in [0.1, 0.15) is 72.0 Å². The van der Waals surface area contributed by atoms with E-state index in [1.165, 1.54) is 16.7 Å². The molecule has 2 aromatic carbocycles. The highest BCUT2D eigenvalue weighted by atomic mass is 35.5. The first-order chi connectivity index (χ1) is 16.9. The van der Waals surface area contributed by atoms with Crippen molar-refractivity contribution in [3.8, 4) is 0 Å². The van der Waals surface area contributed by atoms with E-state index in [2.05, 4.69) is 23.5 Å². The zero-order chi connectivity index (χ0) is 25.2. The maximum absolute atomic E-state index is 12.9. The quantitative estimate of drug-likeness (QED) is 0.322. The van der Waals surface area contributed by atoms with Crippen LogP contribution in [0.2, 0.25) is 5.02 Å². The maximum atomic E-state index is 12.9. The number of carbonyl (C=O) groups excluding carboxylic acids is 2. The molecule has 0 heterocycles. The van der Waals surface area contributed by atoms with Crippen LogP contribution in [-0.4, -0.2) is 50.3 Å². The molecule has 0 atom stereocenters. The lowest BCUT2D eigenvalue weighted by atomic mass is 9.79. The first kappa shape index (κ1) is 27.0. The third-order valence-electron chi connectivity index (χ3n) is 6.76. The molecule has 1 saturated carbocycles. The summed E-state index contributed by atoms with van der Waals surface area (Å²) >= 11 is 5.97. The molecule has 0 radical (unpaired) electrons. The molecule has 1 aliphatic rings. The van der Waals surface area contributed by atoms with Crippen molar-refractivity contribution >= 4 is 23.7 Å².